The maximum absolute atomic E-state index is 12.9. The van der Waals surface area contributed by atoms with Crippen molar-refractivity contribution in [2.45, 2.75) is 12.7 Å². The van der Waals surface area contributed by atoms with Gasteiger partial charge in [0.1, 0.15) is 5.82 Å². The number of nitrogens with one attached hydrogen (secondary N) is 1. The van der Waals surface area contributed by atoms with E-state index in [1.165, 1.54) is 25.3 Å². The van der Waals surface area contributed by atoms with Crippen molar-refractivity contribution >= 4 is 16.0 Å². The molecular weight excluding hydrogens is 273 g/mol. The summed E-state index contributed by atoms with van der Waals surface area (Å²) in [5.41, 5.74) is 0.346. The van der Waals surface area contributed by atoms with E-state index in [0.717, 1.165) is 6.07 Å². The van der Waals surface area contributed by atoms with Crippen molar-refractivity contribution in [2.75, 3.05) is 13.7 Å². The Hall–Kier alpha value is -1.47. The van der Waals surface area contributed by atoms with E-state index >= 15 is 0 Å². The van der Waals surface area contributed by atoms with Crippen molar-refractivity contribution in [3.05, 3.63) is 35.6 Å². The highest BCUT2D eigenvalue weighted by Crippen LogP contribution is 2.08. The highest BCUT2D eigenvalue weighted by Gasteiger charge is 2.17. The van der Waals surface area contributed by atoms with Gasteiger partial charge >= 0.3 is 5.97 Å². The van der Waals surface area contributed by atoms with Crippen LogP contribution in [-0.4, -0.2) is 28.0 Å². The fourth-order valence-electron chi connectivity index (χ4n) is 1.43. The van der Waals surface area contributed by atoms with E-state index in [1.807, 2.05) is 0 Å². The van der Waals surface area contributed by atoms with Crippen molar-refractivity contribution < 1.29 is 22.3 Å². The van der Waals surface area contributed by atoms with Gasteiger partial charge in [-0.1, -0.05) is 19.1 Å². The molecule has 0 fully saturated rings. The summed E-state index contributed by atoms with van der Waals surface area (Å²) in [7, 11) is -2.38. The second-order valence-corrected chi connectivity index (χ2v) is 5.97. The van der Waals surface area contributed by atoms with Crippen LogP contribution in [-0.2, 0) is 25.3 Å². The first-order valence-electron chi connectivity index (χ1n) is 5.63. The van der Waals surface area contributed by atoms with Crippen LogP contribution in [0.4, 0.5) is 4.39 Å². The van der Waals surface area contributed by atoms with Crippen molar-refractivity contribution in [3.8, 4) is 0 Å². The highest BCUT2D eigenvalue weighted by atomic mass is 32.2. The van der Waals surface area contributed by atoms with Crippen LogP contribution in [0, 0.1) is 11.7 Å². The number of carbonyl (C=O) groups is 1. The lowest BCUT2D eigenvalue weighted by Crippen LogP contribution is -2.32. The Morgan fingerprint density at radius 1 is 1.47 bits per heavy atom. The molecule has 5 nitrogen and oxygen atoms in total. The smallest absolute Gasteiger partial charge is 0.309 e. The molecule has 0 bridgehead atoms. The van der Waals surface area contributed by atoms with E-state index in [2.05, 4.69) is 9.46 Å². The Labute approximate surface area is 111 Å². The molecule has 0 aromatic heterocycles. The van der Waals surface area contributed by atoms with Crippen LogP contribution in [0.1, 0.15) is 12.5 Å². The summed E-state index contributed by atoms with van der Waals surface area (Å²) < 4.78 is 43.2. The van der Waals surface area contributed by atoms with Gasteiger partial charge in [-0.3, -0.25) is 4.79 Å². The first-order valence-corrected chi connectivity index (χ1v) is 7.29. The molecule has 1 atom stereocenters. The van der Waals surface area contributed by atoms with Gasteiger partial charge in [-0.2, -0.15) is 0 Å². The van der Waals surface area contributed by atoms with E-state index in [4.69, 9.17) is 0 Å². The van der Waals surface area contributed by atoms with Crippen LogP contribution >= 0.6 is 0 Å². The molecule has 1 unspecified atom stereocenters. The lowest BCUT2D eigenvalue weighted by atomic mass is 10.2. The molecule has 0 aliphatic carbocycles. The molecule has 1 rings (SSSR count). The minimum atomic E-state index is -3.61. The maximum Gasteiger partial charge on any atom is 0.309 e. The number of hydrogen-bond acceptors (Lipinski definition) is 4. The van der Waals surface area contributed by atoms with E-state index < -0.39 is 27.7 Å². The first kappa shape index (κ1) is 15.6. The molecule has 0 radical (unpaired) electrons. The number of benzene rings is 1. The highest BCUT2D eigenvalue weighted by molar-refractivity contribution is 7.88. The predicted molar refractivity (Wildman–Crippen MR) is 68.2 cm³/mol. The molecule has 0 saturated heterocycles. The molecule has 1 N–H and O–H groups in total. The number of esters is 1. The summed E-state index contributed by atoms with van der Waals surface area (Å²) in [6.07, 6.45) is 0. The van der Waals surface area contributed by atoms with Crippen LogP contribution in [0.25, 0.3) is 0 Å². The number of methoxy groups -OCH3 is 1. The molecule has 7 heteroatoms. The quantitative estimate of drug-likeness (QED) is 0.795. The van der Waals surface area contributed by atoms with Crippen LogP contribution in [0.15, 0.2) is 24.3 Å². The van der Waals surface area contributed by atoms with Crippen LogP contribution in [0.2, 0.25) is 0 Å². The standard InChI is InChI=1S/C12H16FNO4S/c1-9(12(15)18-2)7-14-19(16,17)8-10-4-3-5-11(13)6-10/h3-6,9,14H,7-8H2,1-2H3. The molecule has 0 saturated carbocycles. The fourth-order valence-corrected chi connectivity index (χ4v) is 2.66. The molecule has 0 amide bonds. The van der Waals surface area contributed by atoms with Crippen molar-refractivity contribution in [1.29, 1.82) is 0 Å². The minimum absolute atomic E-state index is 0.0513. The first-order chi connectivity index (χ1) is 8.84. The number of ether oxygens (including phenoxy) is 1. The summed E-state index contributed by atoms with van der Waals surface area (Å²) >= 11 is 0. The minimum Gasteiger partial charge on any atom is -0.469 e. The predicted octanol–water partition coefficient (Wildman–Crippen LogP) is 1.05. The number of hydrogen-bond donors (Lipinski definition) is 1. The Morgan fingerprint density at radius 2 is 2.16 bits per heavy atom. The average molecular weight is 289 g/mol. The van der Waals surface area contributed by atoms with Gasteiger partial charge in [0.2, 0.25) is 10.0 Å². The zero-order valence-corrected chi connectivity index (χ0v) is 11.5. The zero-order valence-electron chi connectivity index (χ0n) is 10.7. The third-order valence-electron chi connectivity index (χ3n) is 2.46. The number of carbonyl (C=O) groups excluding carboxylic acids is 1. The van der Waals surface area contributed by atoms with Gasteiger partial charge < -0.3 is 4.74 Å². The van der Waals surface area contributed by atoms with Gasteiger partial charge in [0.15, 0.2) is 0 Å². The van der Waals surface area contributed by atoms with E-state index in [1.54, 1.807) is 6.92 Å². The Kier molecular flexibility index (Phi) is 5.44. The Morgan fingerprint density at radius 3 is 2.74 bits per heavy atom. The second kappa shape index (κ2) is 6.63. The summed E-state index contributed by atoms with van der Waals surface area (Å²) in [5, 5.41) is 0. The van der Waals surface area contributed by atoms with Crippen molar-refractivity contribution in [3.63, 3.8) is 0 Å². The molecule has 0 aliphatic heterocycles. The third kappa shape index (κ3) is 5.35. The molecule has 106 valence electrons. The largest absolute Gasteiger partial charge is 0.469 e. The summed E-state index contributed by atoms with van der Waals surface area (Å²) in [4.78, 5) is 11.1. The molecule has 0 aliphatic rings. The third-order valence-corrected chi connectivity index (χ3v) is 3.78. The van der Waals surface area contributed by atoms with Crippen LogP contribution in [0.3, 0.4) is 0 Å². The van der Waals surface area contributed by atoms with Gasteiger partial charge in [0.25, 0.3) is 0 Å². The van der Waals surface area contributed by atoms with Gasteiger partial charge in [-0.25, -0.2) is 17.5 Å². The summed E-state index contributed by atoms with van der Waals surface area (Å²) in [6, 6.07) is 5.36. The van der Waals surface area contributed by atoms with Crippen molar-refractivity contribution in [1.82, 2.24) is 4.72 Å². The SMILES string of the molecule is COC(=O)C(C)CNS(=O)(=O)Cc1cccc(F)c1. The molecule has 19 heavy (non-hydrogen) atoms. The molecular formula is C12H16FNO4S. The monoisotopic (exact) mass is 289 g/mol. The van der Waals surface area contributed by atoms with Gasteiger partial charge in [-0.05, 0) is 17.7 Å². The van der Waals surface area contributed by atoms with E-state index in [9.17, 15) is 17.6 Å². The fraction of sp³-hybridized carbons (Fsp3) is 0.417. The maximum atomic E-state index is 12.9. The number of halogens is 1. The lowest BCUT2D eigenvalue weighted by Gasteiger charge is -2.11. The van der Waals surface area contributed by atoms with Gasteiger partial charge in [0.05, 0.1) is 18.8 Å². The molecule has 1 aromatic rings. The van der Waals surface area contributed by atoms with Gasteiger partial charge in [0, 0.05) is 6.54 Å². The second-order valence-electron chi connectivity index (χ2n) is 4.16. The number of rotatable bonds is 6. The van der Waals surface area contributed by atoms with Crippen molar-refractivity contribution in [2.24, 2.45) is 5.92 Å². The molecule has 0 spiro atoms. The van der Waals surface area contributed by atoms with Gasteiger partial charge in [-0.15, -0.1) is 0 Å². The van der Waals surface area contributed by atoms with E-state index in [-0.39, 0.29) is 12.3 Å². The molecule has 1 aromatic carbocycles. The average Bonchev–Trinajstić information content (AvgIpc) is 2.34. The normalized spacial score (nSPS) is 13.0. The van der Waals surface area contributed by atoms with E-state index in [0.29, 0.717) is 5.56 Å². The molecule has 0 heterocycles. The Bertz CT molecular complexity index is 544. The zero-order chi connectivity index (χ0) is 14.5. The number of sulfonamides is 1. The topological polar surface area (TPSA) is 72.5 Å². The van der Waals surface area contributed by atoms with Crippen LogP contribution < -0.4 is 4.72 Å². The Balaban J connectivity index is 2.60. The lowest BCUT2D eigenvalue weighted by molar-refractivity contribution is -0.144. The summed E-state index contributed by atoms with van der Waals surface area (Å²) in [6.45, 7) is 1.50. The summed E-state index contributed by atoms with van der Waals surface area (Å²) in [5.74, 6) is -1.89. The van der Waals surface area contributed by atoms with Crippen LogP contribution in [0.5, 0.6) is 0 Å².